The molecule has 0 saturated heterocycles. The highest BCUT2D eigenvalue weighted by molar-refractivity contribution is 5.93. The molecule has 2 atom stereocenters. The number of carbonyl (C=O) groups excluding carboxylic acids is 4. The number of alkyl carbamates (subject to hydrolysis) is 1. The van der Waals surface area contributed by atoms with Crippen molar-refractivity contribution in [1.29, 1.82) is 0 Å². The van der Waals surface area contributed by atoms with Crippen molar-refractivity contribution in [3.05, 3.63) is 84.4 Å². The standard InChI is InChI=1S/C31H41N3O6/c1-8-19-34(25(35)21-32-29(38)40-31(5,6)7)26(23-17-13-10-14-18-23)27(36)33-24(28(37)39-30(2,3)4)20-22-15-11-9-12-16-22/h8-18,24,26H,1,19-21H2,2-7H3,(H,32,38)(H,33,36). The fourth-order valence-electron chi connectivity index (χ4n) is 3.83. The van der Waals surface area contributed by atoms with Crippen molar-refractivity contribution in [3.8, 4) is 0 Å². The molecule has 9 heteroatoms. The first-order valence-corrected chi connectivity index (χ1v) is 13.2. The molecule has 0 fully saturated rings. The number of nitrogens with zero attached hydrogens (tertiary/aromatic N) is 1. The molecule has 0 heterocycles. The van der Waals surface area contributed by atoms with Crippen molar-refractivity contribution in [1.82, 2.24) is 15.5 Å². The third-order valence-electron chi connectivity index (χ3n) is 5.39. The molecule has 3 amide bonds. The van der Waals surface area contributed by atoms with E-state index in [4.69, 9.17) is 9.47 Å². The van der Waals surface area contributed by atoms with Crippen molar-refractivity contribution in [3.63, 3.8) is 0 Å². The summed E-state index contributed by atoms with van der Waals surface area (Å²) in [6.07, 6.45) is 0.927. The Bertz CT molecular complexity index is 1150. The van der Waals surface area contributed by atoms with E-state index in [9.17, 15) is 19.2 Å². The smallest absolute Gasteiger partial charge is 0.408 e. The van der Waals surface area contributed by atoms with Crippen LogP contribution >= 0.6 is 0 Å². The second kappa shape index (κ2) is 14.3. The van der Waals surface area contributed by atoms with Gasteiger partial charge in [-0.1, -0.05) is 66.7 Å². The number of rotatable bonds is 11. The third-order valence-corrected chi connectivity index (χ3v) is 5.39. The normalized spacial score (nSPS) is 12.8. The summed E-state index contributed by atoms with van der Waals surface area (Å²) in [4.78, 5) is 53.9. The first-order chi connectivity index (χ1) is 18.7. The van der Waals surface area contributed by atoms with E-state index in [0.717, 1.165) is 5.56 Å². The van der Waals surface area contributed by atoms with E-state index in [2.05, 4.69) is 17.2 Å². The molecule has 0 aromatic heterocycles. The van der Waals surface area contributed by atoms with Gasteiger partial charge in [-0.15, -0.1) is 6.58 Å². The summed E-state index contributed by atoms with van der Waals surface area (Å²) >= 11 is 0. The van der Waals surface area contributed by atoms with Crippen LogP contribution in [0.5, 0.6) is 0 Å². The zero-order chi connectivity index (χ0) is 29.9. The van der Waals surface area contributed by atoms with Gasteiger partial charge in [0.25, 0.3) is 0 Å². The summed E-state index contributed by atoms with van der Waals surface area (Å²) in [5.41, 5.74) is -0.158. The Labute approximate surface area is 236 Å². The van der Waals surface area contributed by atoms with Crippen LogP contribution in [0.25, 0.3) is 0 Å². The molecular weight excluding hydrogens is 510 g/mol. The molecule has 40 heavy (non-hydrogen) atoms. The number of carbonyl (C=O) groups is 4. The Kier molecular flexibility index (Phi) is 11.5. The molecule has 0 spiro atoms. The number of hydrogen-bond donors (Lipinski definition) is 2. The van der Waals surface area contributed by atoms with Gasteiger partial charge in [-0.05, 0) is 52.7 Å². The first-order valence-electron chi connectivity index (χ1n) is 13.2. The van der Waals surface area contributed by atoms with Crippen molar-refractivity contribution in [2.45, 2.75) is 71.2 Å². The van der Waals surface area contributed by atoms with Crippen LogP contribution in [0, 0.1) is 0 Å². The fourth-order valence-corrected chi connectivity index (χ4v) is 3.83. The second-order valence-corrected chi connectivity index (χ2v) is 11.3. The zero-order valence-corrected chi connectivity index (χ0v) is 24.2. The number of nitrogens with one attached hydrogen (secondary N) is 2. The molecular formula is C31H41N3O6. The van der Waals surface area contributed by atoms with Crippen LogP contribution in [0.3, 0.4) is 0 Å². The van der Waals surface area contributed by atoms with Crippen LogP contribution in [0.1, 0.15) is 58.7 Å². The van der Waals surface area contributed by atoms with Gasteiger partial charge in [0.05, 0.1) is 0 Å². The van der Waals surface area contributed by atoms with Crippen molar-refractivity contribution in [2.24, 2.45) is 0 Å². The highest BCUT2D eigenvalue weighted by Crippen LogP contribution is 2.23. The molecule has 2 N–H and O–H groups in total. The highest BCUT2D eigenvalue weighted by atomic mass is 16.6. The molecule has 2 aromatic rings. The van der Waals surface area contributed by atoms with Crippen molar-refractivity contribution in [2.75, 3.05) is 13.1 Å². The summed E-state index contributed by atoms with van der Waals surface area (Å²) in [6, 6.07) is 15.9. The number of benzene rings is 2. The topological polar surface area (TPSA) is 114 Å². The van der Waals surface area contributed by atoms with Gasteiger partial charge in [-0.2, -0.15) is 0 Å². The van der Waals surface area contributed by atoms with Crippen LogP contribution in [0.4, 0.5) is 4.79 Å². The number of hydrogen-bond acceptors (Lipinski definition) is 6. The number of amides is 3. The van der Waals surface area contributed by atoms with E-state index in [-0.39, 0.29) is 13.0 Å². The molecule has 0 aliphatic rings. The summed E-state index contributed by atoms with van der Waals surface area (Å²) in [6.45, 7) is 13.7. The van der Waals surface area contributed by atoms with Gasteiger partial charge in [-0.25, -0.2) is 9.59 Å². The molecule has 2 aromatic carbocycles. The van der Waals surface area contributed by atoms with Gasteiger partial charge in [0.1, 0.15) is 29.8 Å². The van der Waals surface area contributed by atoms with Crippen LogP contribution in [0.15, 0.2) is 73.3 Å². The maximum atomic E-state index is 13.9. The third kappa shape index (κ3) is 10.9. The lowest BCUT2D eigenvalue weighted by molar-refractivity contribution is -0.159. The van der Waals surface area contributed by atoms with Gasteiger partial charge in [0.2, 0.25) is 11.8 Å². The van der Waals surface area contributed by atoms with Crippen LogP contribution in [-0.2, 0) is 30.3 Å². The Morgan fingerprint density at radius 2 is 1.43 bits per heavy atom. The predicted molar refractivity (Wildman–Crippen MR) is 153 cm³/mol. The lowest BCUT2D eigenvalue weighted by Gasteiger charge is -2.32. The lowest BCUT2D eigenvalue weighted by atomic mass is 10.0. The minimum Gasteiger partial charge on any atom is -0.458 e. The van der Waals surface area contributed by atoms with Gasteiger partial charge in [0, 0.05) is 13.0 Å². The summed E-state index contributed by atoms with van der Waals surface area (Å²) in [5.74, 6) is -1.71. The Balaban J connectivity index is 2.38. The van der Waals surface area contributed by atoms with Gasteiger partial charge >= 0.3 is 12.1 Å². The molecule has 0 saturated carbocycles. The average molecular weight is 552 g/mol. The van der Waals surface area contributed by atoms with Crippen LogP contribution < -0.4 is 10.6 Å². The average Bonchev–Trinajstić information content (AvgIpc) is 2.86. The number of esters is 1. The van der Waals surface area contributed by atoms with E-state index in [1.165, 1.54) is 11.0 Å². The SMILES string of the molecule is C=CCN(C(=O)CNC(=O)OC(C)(C)C)C(C(=O)NC(Cc1ccccc1)C(=O)OC(C)(C)C)c1ccccc1. The highest BCUT2D eigenvalue weighted by Gasteiger charge is 2.35. The largest absolute Gasteiger partial charge is 0.458 e. The van der Waals surface area contributed by atoms with Crippen LogP contribution in [0.2, 0.25) is 0 Å². The van der Waals surface area contributed by atoms with Gasteiger partial charge in [0.15, 0.2) is 0 Å². The first kappa shape index (κ1) is 32.1. The maximum Gasteiger partial charge on any atom is 0.408 e. The molecule has 2 unspecified atom stereocenters. The molecule has 2 rings (SSSR count). The quantitative estimate of drug-likeness (QED) is 0.317. The Morgan fingerprint density at radius 1 is 0.875 bits per heavy atom. The molecule has 9 nitrogen and oxygen atoms in total. The van der Waals surface area contributed by atoms with Gasteiger partial charge in [-0.3, -0.25) is 9.59 Å². The zero-order valence-electron chi connectivity index (χ0n) is 24.2. The van der Waals surface area contributed by atoms with Crippen molar-refractivity contribution < 1.29 is 28.7 Å². The van der Waals surface area contributed by atoms with Gasteiger partial charge < -0.3 is 25.0 Å². The van der Waals surface area contributed by atoms with E-state index in [0.29, 0.717) is 5.56 Å². The minimum absolute atomic E-state index is 0.0115. The molecule has 0 aliphatic heterocycles. The fraction of sp³-hybridized carbons (Fsp3) is 0.419. The second-order valence-electron chi connectivity index (χ2n) is 11.3. The molecule has 0 bridgehead atoms. The minimum atomic E-state index is -1.12. The summed E-state index contributed by atoms with van der Waals surface area (Å²) in [5, 5.41) is 5.27. The van der Waals surface area contributed by atoms with Crippen molar-refractivity contribution >= 4 is 23.9 Å². The monoisotopic (exact) mass is 551 g/mol. The molecule has 0 aliphatic carbocycles. The molecule has 216 valence electrons. The van der Waals surface area contributed by atoms with E-state index < -0.39 is 53.7 Å². The molecule has 0 radical (unpaired) electrons. The Morgan fingerprint density at radius 3 is 1.95 bits per heavy atom. The van der Waals surface area contributed by atoms with E-state index in [1.54, 1.807) is 71.9 Å². The lowest BCUT2D eigenvalue weighted by Crippen LogP contribution is -2.52. The number of ether oxygens (including phenoxy) is 2. The van der Waals surface area contributed by atoms with E-state index >= 15 is 0 Å². The Hall–Kier alpha value is -4.14. The van der Waals surface area contributed by atoms with E-state index in [1.807, 2.05) is 30.3 Å². The summed E-state index contributed by atoms with van der Waals surface area (Å²) in [7, 11) is 0. The van der Waals surface area contributed by atoms with Crippen LogP contribution in [-0.4, -0.2) is 59.1 Å². The predicted octanol–water partition coefficient (Wildman–Crippen LogP) is 4.34. The maximum absolute atomic E-state index is 13.9. The summed E-state index contributed by atoms with van der Waals surface area (Å²) < 4.78 is 10.8.